The molecule has 3 unspecified atom stereocenters. The van der Waals surface area contributed by atoms with Gasteiger partial charge in [-0.2, -0.15) is 0 Å². The summed E-state index contributed by atoms with van der Waals surface area (Å²) < 4.78 is 0. The van der Waals surface area contributed by atoms with Crippen LogP contribution in [0.15, 0.2) is 0 Å². The molecule has 1 aliphatic heterocycles. The van der Waals surface area contributed by atoms with Crippen molar-refractivity contribution in [2.75, 3.05) is 19.6 Å². The van der Waals surface area contributed by atoms with E-state index in [0.29, 0.717) is 5.92 Å². The molecule has 0 amide bonds. The molecule has 0 aromatic rings. The van der Waals surface area contributed by atoms with Crippen molar-refractivity contribution in [1.29, 1.82) is 0 Å². The average molecular weight is 225 g/mol. The van der Waals surface area contributed by atoms with Crippen LogP contribution in [0.4, 0.5) is 0 Å². The van der Waals surface area contributed by atoms with E-state index in [1.54, 1.807) is 0 Å². The lowest BCUT2D eigenvalue weighted by molar-refractivity contribution is 0.0221. The molecule has 2 nitrogen and oxygen atoms in total. The van der Waals surface area contributed by atoms with Gasteiger partial charge < -0.3 is 10.0 Å². The van der Waals surface area contributed by atoms with Crippen molar-refractivity contribution in [3.63, 3.8) is 0 Å². The lowest BCUT2D eigenvalue weighted by Crippen LogP contribution is -2.38. The Kier molecular flexibility index (Phi) is 4.26. The molecule has 0 radical (unpaired) electrons. The van der Waals surface area contributed by atoms with Crippen molar-refractivity contribution < 1.29 is 5.11 Å². The molecule has 0 spiro atoms. The number of nitrogens with zero attached hydrogens (tertiary/aromatic N) is 1. The van der Waals surface area contributed by atoms with Crippen molar-refractivity contribution in [1.82, 2.24) is 4.90 Å². The maximum atomic E-state index is 10.1. The Bertz CT molecular complexity index is 209. The minimum Gasteiger partial charge on any atom is -0.393 e. The van der Waals surface area contributed by atoms with Crippen molar-refractivity contribution >= 4 is 0 Å². The van der Waals surface area contributed by atoms with Gasteiger partial charge >= 0.3 is 0 Å². The van der Waals surface area contributed by atoms with Crippen LogP contribution < -0.4 is 0 Å². The predicted molar refractivity (Wildman–Crippen MR) is 67.3 cm³/mol. The summed E-state index contributed by atoms with van der Waals surface area (Å²) in [5.74, 6) is 2.17. The summed E-state index contributed by atoms with van der Waals surface area (Å²) in [6, 6.07) is 0. The van der Waals surface area contributed by atoms with E-state index in [9.17, 15) is 5.11 Å². The molecule has 94 valence electrons. The molecule has 16 heavy (non-hydrogen) atoms. The molecular weight excluding hydrogens is 198 g/mol. The van der Waals surface area contributed by atoms with Crippen molar-refractivity contribution in [3.8, 4) is 0 Å². The molecule has 2 rings (SSSR count). The summed E-state index contributed by atoms with van der Waals surface area (Å²) in [6.07, 6.45) is 6.19. The lowest BCUT2D eigenvalue weighted by atomic mass is 9.74. The fourth-order valence-electron chi connectivity index (χ4n) is 3.38. The van der Waals surface area contributed by atoms with Gasteiger partial charge in [0, 0.05) is 6.54 Å². The van der Waals surface area contributed by atoms with Gasteiger partial charge in [-0.05, 0) is 62.9 Å². The molecule has 1 saturated heterocycles. The van der Waals surface area contributed by atoms with Gasteiger partial charge in [0.15, 0.2) is 0 Å². The topological polar surface area (TPSA) is 23.5 Å². The second kappa shape index (κ2) is 5.50. The van der Waals surface area contributed by atoms with Gasteiger partial charge in [-0.3, -0.25) is 0 Å². The van der Waals surface area contributed by atoms with E-state index in [1.165, 1.54) is 38.8 Å². The van der Waals surface area contributed by atoms with Crippen molar-refractivity contribution in [2.24, 2.45) is 17.8 Å². The molecule has 3 atom stereocenters. The first-order valence-corrected chi connectivity index (χ1v) is 7.07. The quantitative estimate of drug-likeness (QED) is 0.798. The first-order chi connectivity index (χ1) is 7.66. The first-order valence-electron chi connectivity index (χ1n) is 7.07. The van der Waals surface area contributed by atoms with Crippen LogP contribution in [0, 0.1) is 17.8 Å². The molecule has 1 heterocycles. The van der Waals surface area contributed by atoms with Crippen LogP contribution >= 0.6 is 0 Å². The van der Waals surface area contributed by atoms with E-state index >= 15 is 0 Å². The molecule has 0 aromatic carbocycles. The Morgan fingerprint density at radius 2 is 1.88 bits per heavy atom. The normalized spacial score (nSPS) is 37.1. The smallest absolute Gasteiger partial charge is 0.0580 e. The third-order valence-corrected chi connectivity index (χ3v) is 4.62. The molecular formula is C14H27NO. The highest BCUT2D eigenvalue weighted by Crippen LogP contribution is 2.34. The number of aliphatic hydroxyl groups excluding tert-OH is 1. The highest BCUT2D eigenvalue weighted by atomic mass is 16.3. The molecule has 2 aliphatic rings. The second-order valence-corrected chi connectivity index (χ2v) is 6.15. The van der Waals surface area contributed by atoms with Gasteiger partial charge in [-0.1, -0.05) is 13.8 Å². The van der Waals surface area contributed by atoms with Gasteiger partial charge in [0.2, 0.25) is 0 Å². The fourth-order valence-corrected chi connectivity index (χ4v) is 3.38. The Morgan fingerprint density at radius 1 is 1.19 bits per heavy atom. The Hall–Kier alpha value is -0.0800. The van der Waals surface area contributed by atoms with Gasteiger partial charge in [-0.25, -0.2) is 0 Å². The number of hydrogen-bond donors (Lipinski definition) is 1. The number of likely N-dealkylation sites (tertiary alicyclic amines) is 1. The maximum Gasteiger partial charge on any atom is 0.0580 e. The van der Waals surface area contributed by atoms with Crippen LogP contribution in [0.25, 0.3) is 0 Å². The van der Waals surface area contributed by atoms with Crippen LogP contribution in [0.2, 0.25) is 0 Å². The highest BCUT2D eigenvalue weighted by molar-refractivity contribution is 4.84. The monoisotopic (exact) mass is 225 g/mol. The number of hydrogen-bond acceptors (Lipinski definition) is 2. The second-order valence-electron chi connectivity index (χ2n) is 6.15. The summed E-state index contributed by atoms with van der Waals surface area (Å²) in [6.45, 7) is 8.32. The van der Waals surface area contributed by atoms with Crippen LogP contribution in [-0.2, 0) is 0 Å². The van der Waals surface area contributed by atoms with Crippen LogP contribution in [0.3, 0.4) is 0 Å². The number of rotatable bonds is 3. The van der Waals surface area contributed by atoms with E-state index in [2.05, 4.69) is 18.7 Å². The minimum absolute atomic E-state index is 0.0319. The van der Waals surface area contributed by atoms with E-state index < -0.39 is 0 Å². The minimum atomic E-state index is -0.0319. The summed E-state index contributed by atoms with van der Waals surface area (Å²) >= 11 is 0. The fraction of sp³-hybridized carbons (Fsp3) is 1.00. The summed E-state index contributed by atoms with van der Waals surface area (Å²) in [5, 5.41) is 10.1. The highest BCUT2D eigenvalue weighted by Gasteiger charge is 2.32. The summed E-state index contributed by atoms with van der Waals surface area (Å²) in [4.78, 5) is 2.55. The van der Waals surface area contributed by atoms with Crippen molar-refractivity contribution in [2.45, 2.75) is 52.1 Å². The zero-order valence-electron chi connectivity index (χ0n) is 10.9. The molecule has 1 aliphatic carbocycles. The molecule has 1 N–H and O–H groups in total. The largest absolute Gasteiger partial charge is 0.393 e. The summed E-state index contributed by atoms with van der Waals surface area (Å²) in [7, 11) is 0. The lowest BCUT2D eigenvalue weighted by Gasteiger charge is -2.37. The van der Waals surface area contributed by atoms with Gasteiger partial charge in [-0.15, -0.1) is 0 Å². The standard InChI is InChI=1S/C14H27NO/c1-11(2)12-5-6-14(16)13(9-12)10-15-7-3-4-8-15/h11-14,16H,3-10H2,1-2H3. The average Bonchev–Trinajstić information content (AvgIpc) is 2.73. The van der Waals surface area contributed by atoms with Crippen LogP contribution in [0.1, 0.15) is 46.0 Å². The van der Waals surface area contributed by atoms with E-state index in [4.69, 9.17) is 0 Å². The van der Waals surface area contributed by atoms with Gasteiger partial charge in [0.1, 0.15) is 0 Å². The Labute approximate surface area is 100 Å². The van der Waals surface area contributed by atoms with Crippen LogP contribution in [-0.4, -0.2) is 35.7 Å². The van der Waals surface area contributed by atoms with Crippen LogP contribution in [0.5, 0.6) is 0 Å². The predicted octanol–water partition coefficient (Wildman–Crippen LogP) is 2.52. The van der Waals surface area contributed by atoms with Gasteiger partial charge in [0.05, 0.1) is 6.10 Å². The number of aliphatic hydroxyl groups is 1. The van der Waals surface area contributed by atoms with E-state index in [1.807, 2.05) is 0 Å². The Morgan fingerprint density at radius 3 is 2.50 bits per heavy atom. The molecule has 0 aromatic heterocycles. The SMILES string of the molecule is CC(C)C1CCC(O)C(CN2CCCC2)C1. The first kappa shape index (κ1) is 12.4. The Balaban J connectivity index is 1.85. The van der Waals surface area contributed by atoms with E-state index in [-0.39, 0.29) is 6.10 Å². The maximum absolute atomic E-state index is 10.1. The zero-order valence-corrected chi connectivity index (χ0v) is 10.9. The van der Waals surface area contributed by atoms with Gasteiger partial charge in [0.25, 0.3) is 0 Å². The molecule has 1 saturated carbocycles. The summed E-state index contributed by atoms with van der Waals surface area (Å²) in [5.41, 5.74) is 0. The molecule has 2 heteroatoms. The third kappa shape index (κ3) is 2.98. The van der Waals surface area contributed by atoms with Crippen molar-refractivity contribution in [3.05, 3.63) is 0 Å². The molecule has 0 bridgehead atoms. The van der Waals surface area contributed by atoms with E-state index in [0.717, 1.165) is 24.8 Å². The zero-order chi connectivity index (χ0) is 11.5. The molecule has 2 fully saturated rings. The third-order valence-electron chi connectivity index (χ3n) is 4.62.